The van der Waals surface area contributed by atoms with Crippen molar-refractivity contribution in [1.29, 1.82) is 0 Å². The molecule has 1 saturated carbocycles. The maximum absolute atomic E-state index is 12.7. The number of nitrogens with two attached hydrogens (primary N) is 1. The molecule has 4 N–H and O–H groups in total. The molecule has 3 aliphatic heterocycles. The molecule has 14 nitrogen and oxygen atoms in total. The fourth-order valence-corrected chi connectivity index (χ4v) is 8.52. The molecule has 5 heterocycles. The topological polar surface area (TPSA) is 164 Å². The van der Waals surface area contributed by atoms with Crippen molar-refractivity contribution in [3.8, 4) is 28.4 Å². The molecule has 1 unspecified atom stereocenters. The summed E-state index contributed by atoms with van der Waals surface area (Å²) >= 11 is 1.85. The van der Waals surface area contributed by atoms with Crippen LogP contribution in [0.3, 0.4) is 0 Å². The van der Waals surface area contributed by atoms with Gasteiger partial charge in [-0.05, 0) is 67.9 Å². The number of halogens is 1. The molecular weight excluding hydrogens is 765 g/mol. The molecule has 0 bridgehead atoms. The summed E-state index contributed by atoms with van der Waals surface area (Å²) in [5.41, 5.74) is 11.2. The number of nitrogen functional groups attached to an aromatic ring is 1. The second-order valence-corrected chi connectivity index (χ2v) is 14.0. The Hall–Kier alpha value is -4.48. The van der Waals surface area contributed by atoms with E-state index >= 15 is 0 Å². The van der Waals surface area contributed by atoms with Crippen molar-refractivity contribution in [3.63, 3.8) is 0 Å². The van der Waals surface area contributed by atoms with Gasteiger partial charge in [-0.1, -0.05) is 24.3 Å². The third kappa shape index (κ3) is 6.57. The first-order valence-electron chi connectivity index (χ1n) is 17.5. The van der Waals surface area contributed by atoms with E-state index in [1.807, 2.05) is 70.5 Å². The highest BCUT2D eigenvalue weighted by Gasteiger charge is 2.37. The molecule has 2 atom stereocenters. The zero-order valence-electron chi connectivity index (χ0n) is 28.0. The minimum atomic E-state index is -0.682. The molecule has 8 rings (SSSR count). The van der Waals surface area contributed by atoms with Gasteiger partial charge >= 0.3 is 0 Å². The Morgan fingerprint density at radius 2 is 1.80 bits per heavy atom. The number of fused-ring (bicyclic) bond motifs is 1. The van der Waals surface area contributed by atoms with Crippen LogP contribution in [-0.2, 0) is 9.59 Å². The number of piperidine rings is 1. The molecule has 2 amide bonds. The minimum Gasteiger partial charge on any atom is -0.489 e. The summed E-state index contributed by atoms with van der Waals surface area (Å²) in [4.78, 5) is 31.0. The molecule has 3 fully saturated rings. The molecule has 0 spiro atoms. The van der Waals surface area contributed by atoms with Gasteiger partial charge in [0.15, 0.2) is 28.8 Å². The number of ether oxygens (including phenoxy) is 1. The number of hydrogen-bond acceptors (Lipinski definition) is 12. The number of rotatable bonds is 7. The van der Waals surface area contributed by atoms with Crippen molar-refractivity contribution >= 4 is 52.0 Å². The summed E-state index contributed by atoms with van der Waals surface area (Å²) in [5, 5.41) is 26.9. The second-order valence-electron chi connectivity index (χ2n) is 13.6. The zero-order valence-corrected chi connectivity index (χ0v) is 30.2. The highest BCUT2D eigenvalue weighted by Crippen LogP contribution is 2.45. The normalized spacial score (nSPS) is 24.1. The van der Waals surface area contributed by atoms with Crippen LogP contribution in [0.4, 0.5) is 17.2 Å². The van der Waals surface area contributed by atoms with Crippen LogP contribution in [-0.4, -0.2) is 92.9 Å². The number of carbonyl (C=O) groups is 2. The van der Waals surface area contributed by atoms with Crippen molar-refractivity contribution in [3.05, 3.63) is 66.5 Å². The number of β-amino-alcohol motifs (C(OH)–C–C–N with tert-alkyl or cyclic N) is 1. The summed E-state index contributed by atoms with van der Waals surface area (Å²) < 4.78 is 13.4. The number of amides is 2. The van der Waals surface area contributed by atoms with Crippen molar-refractivity contribution in [2.24, 2.45) is 0 Å². The average molecular weight is 806 g/mol. The monoisotopic (exact) mass is 805 g/mol. The number of aliphatic hydroxyl groups is 1. The van der Waals surface area contributed by atoms with Gasteiger partial charge in [0, 0.05) is 37.7 Å². The number of anilines is 3. The third-order valence-electron chi connectivity index (χ3n) is 10.7. The van der Waals surface area contributed by atoms with Gasteiger partial charge in [-0.25, -0.2) is 4.68 Å². The predicted molar refractivity (Wildman–Crippen MR) is 199 cm³/mol. The van der Waals surface area contributed by atoms with E-state index in [2.05, 4.69) is 42.5 Å². The van der Waals surface area contributed by atoms with Crippen LogP contribution in [0.25, 0.3) is 16.9 Å². The van der Waals surface area contributed by atoms with Crippen molar-refractivity contribution < 1.29 is 22.5 Å². The van der Waals surface area contributed by atoms with Crippen molar-refractivity contribution in [1.82, 2.24) is 30.2 Å². The van der Waals surface area contributed by atoms with E-state index in [0.29, 0.717) is 68.2 Å². The summed E-state index contributed by atoms with van der Waals surface area (Å²) in [6, 6.07) is 15.7. The number of imide groups is 1. The lowest BCUT2D eigenvalue weighted by Gasteiger charge is -2.45. The fraction of sp³-hybridized carbons (Fsp3) is 0.417. The van der Waals surface area contributed by atoms with Crippen LogP contribution >= 0.6 is 23.0 Å². The molecule has 2 aromatic heterocycles. The second kappa shape index (κ2) is 14.3. The van der Waals surface area contributed by atoms with Gasteiger partial charge in [0.1, 0.15) is 36.1 Å². The van der Waals surface area contributed by atoms with E-state index < -0.39 is 6.23 Å². The Kier molecular flexibility index (Phi) is 9.41. The van der Waals surface area contributed by atoms with E-state index in [1.165, 1.54) is 5.56 Å². The SMILES string of the molecule is Nc1nnc(-c2ccccc2OI)cc1-n1cc(N2CCN(C3CCC(c4cccc5c4OCCN5[C@H]4CCC(=O)NC4=O)CC3)CC2O)cn1. The van der Waals surface area contributed by atoms with Crippen LogP contribution in [0.5, 0.6) is 11.5 Å². The quantitative estimate of drug-likeness (QED) is 0.183. The summed E-state index contributed by atoms with van der Waals surface area (Å²) in [6.07, 6.45) is 7.89. The van der Waals surface area contributed by atoms with Gasteiger partial charge in [0.05, 0.1) is 36.0 Å². The minimum absolute atomic E-state index is 0.204. The molecule has 266 valence electrons. The Morgan fingerprint density at radius 3 is 2.61 bits per heavy atom. The van der Waals surface area contributed by atoms with Crippen molar-refractivity contribution in [2.45, 2.75) is 62.8 Å². The molecule has 2 saturated heterocycles. The van der Waals surface area contributed by atoms with Gasteiger partial charge in [-0.15, -0.1) is 10.2 Å². The third-order valence-corrected chi connectivity index (χ3v) is 11.2. The zero-order chi connectivity index (χ0) is 35.1. The largest absolute Gasteiger partial charge is 0.489 e. The van der Waals surface area contributed by atoms with Gasteiger partial charge in [0.2, 0.25) is 11.8 Å². The number of nitrogens with zero attached hydrogens (tertiary/aromatic N) is 7. The Labute approximate surface area is 309 Å². The van der Waals surface area contributed by atoms with Crippen molar-refractivity contribution in [2.75, 3.05) is 48.3 Å². The van der Waals surface area contributed by atoms with Crippen LogP contribution < -0.4 is 28.7 Å². The van der Waals surface area contributed by atoms with Crippen LogP contribution in [0.15, 0.2) is 60.9 Å². The first kappa shape index (κ1) is 33.7. The smallest absolute Gasteiger partial charge is 0.249 e. The first-order valence-corrected chi connectivity index (χ1v) is 18.4. The maximum Gasteiger partial charge on any atom is 0.249 e. The highest BCUT2D eigenvalue weighted by atomic mass is 127. The summed E-state index contributed by atoms with van der Waals surface area (Å²) in [5.74, 6) is 1.72. The molecule has 51 heavy (non-hydrogen) atoms. The molecular formula is C36H40IN9O5. The van der Waals surface area contributed by atoms with Gasteiger partial charge in [0.25, 0.3) is 0 Å². The molecule has 4 aliphatic rings. The number of para-hydroxylation sites is 2. The Balaban J connectivity index is 0.904. The van der Waals surface area contributed by atoms with Crippen LogP contribution in [0.2, 0.25) is 0 Å². The number of piperazine rings is 1. The Bertz CT molecular complexity index is 1930. The van der Waals surface area contributed by atoms with E-state index in [0.717, 1.165) is 54.9 Å². The van der Waals surface area contributed by atoms with E-state index in [9.17, 15) is 14.7 Å². The summed E-state index contributed by atoms with van der Waals surface area (Å²) in [7, 11) is 0. The fourth-order valence-electron chi connectivity index (χ4n) is 8.13. The number of benzene rings is 2. The molecule has 15 heteroatoms. The molecule has 1 aliphatic carbocycles. The van der Waals surface area contributed by atoms with E-state index in [4.69, 9.17) is 13.5 Å². The maximum atomic E-state index is 12.7. The van der Waals surface area contributed by atoms with E-state index in [1.54, 1.807) is 10.9 Å². The average Bonchev–Trinajstić information content (AvgIpc) is 3.64. The number of carbonyl (C=O) groups excluding carboxylic acids is 2. The first-order chi connectivity index (χ1) is 24.9. The number of aliphatic hydroxyl groups excluding tert-OH is 1. The van der Waals surface area contributed by atoms with Crippen LogP contribution in [0, 0.1) is 0 Å². The lowest BCUT2D eigenvalue weighted by molar-refractivity contribution is -0.134. The number of aromatic nitrogens is 4. The summed E-state index contributed by atoms with van der Waals surface area (Å²) in [6.45, 7) is 3.16. The van der Waals surface area contributed by atoms with E-state index in [-0.39, 0.29) is 23.7 Å². The molecule has 0 radical (unpaired) electrons. The predicted octanol–water partition coefficient (Wildman–Crippen LogP) is 3.81. The van der Waals surface area contributed by atoms with Gasteiger partial charge in [-0.3, -0.25) is 19.8 Å². The standard InChI is InChI=1S/C36H40IN9O5/c37-51-31-7-2-1-4-26(31)27-18-30(35(38)42-41-27)46-20-24(19-39-46)44-15-14-43(21-33(44)48)23-10-8-22(9-11-23)25-5-3-6-28-34(25)50-17-16-45(28)29-12-13-32(47)40-36(29)49/h1-7,18-20,22-23,29,33,48H,8-17,21H2,(H2,38,42)(H,40,47,49)/t22?,23?,29-,33?/m0/s1. The number of nitrogens with one attached hydrogen (secondary N) is 1. The molecule has 4 aromatic rings. The molecule has 2 aromatic carbocycles. The van der Waals surface area contributed by atoms with Crippen LogP contribution in [0.1, 0.15) is 50.0 Å². The Morgan fingerprint density at radius 1 is 0.961 bits per heavy atom. The highest BCUT2D eigenvalue weighted by molar-refractivity contribution is 14.1. The lowest BCUT2D eigenvalue weighted by Crippen LogP contribution is -2.56. The van der Waals surface area contributed by atoms with Gasteiger partial charge < -0.3 is 28.4 Å². The lowest BCUT2D eigenvalue weighted by atomic mass is 9.80. The number of hydrogen-bond donors (Lipinski definition) is 3. The van der Waals surface area contributed by atoms with Gasteiger partial charge in [-0.2, -0.15) is 5.10 Å².